The minimum atomic E-state index is -2.30. The molecule has 0 heterocycles. The molecule has 142 valence electrons. The number of carbonyl (C=O) groups is 2. The van der Waals surface area contributed by atoms with Gasteiger partial charge in [0.1, 0.15) is 12.2 Å². The summed E-state index contributed by atoms with van der Waals surface area (Å²) in [4.78, 5) is 23.0. The quantitative estimate of drug-likeness (QED) is 0.347. The van der Waals surface area contributed by atoms with E-state index in [2.05, 4.69) is 0 Å². The summed E-state index contributed by atoms with van der Waals surface area (Å²) in [6, 6.07) is 4.42. The number of hydrogen-bond donors (Lipinski definition) is 5. The van der Waals surface area contributed by atoms with Gasteiger partial charge in [-0.1, -0.05) is 6.07 Å². The summed E-state index contributed by atoms with van der Waals surface area (Å²) in [6.45, 7) is 0. The first-order valence-corrected chi connectivity index (χ1v) is 7.74. The van der Waals surface area contributed by atoms with Gasteiger partial charge in [-0.05, 0) is 23.8 Å². The lowest BCUT2D eigenvalue weighted by Crippen LogP contribution is -2.57. The maximum atomic E-state index is 11.9. The van der Waals surface area contributed by atoms with Gasteiger partial charge < -0.3 is 35.0 Å². The van der Waals surface area contributed by atoms with E-state index in [1.165, 1.54) is 25.3 Å². The number of aliphatic carboxylic acids is 1. The van der Waals surface area contributed by atoms with E-state index in [4.69, 9.17) is 14.6 Å². The van der Waals surface area contributed by atoms with Crippen molar-refractivity contribution in [2.45, 2.75) is 36.8 Å². The van der Waals surface area contributed by atoms with Crippen LogP contribution in [0, 0.1) is 0 Å². The number of phenolic OH excluding ortho intramolecular Hbond substituents is 1. The van der Waals surface area contributed by atoms with Gasteiger partial charge in [0, 0.05) is 18.9 Å². The van der Waals surface area contributed by atoms with E-state index in [0.29, 0.717) is 5.56 Å². The number of methoxy groups -OCH3 is 1. The number of aliphatic hydroxyl groups excluding tert-OH is 2. The molecule has 9 nitrogen and oxygen atoms in total. The first-order chi connectivity index (χ1) is 12.2. The molecule has 0 amide bonds. The fourth-order valence-corrected chi connectivity index (χ4v) is 2.70. The Morgan fingerprint density at radius 2 is 1.96 bits per heavy atom. The second-order valence-electron chi connectivity index (χ2n) is 6.04. The van der Waals surface area contributed by atoms with Gasteiger partial charge in [-0.15, -0.1) is 0 Å². The number of aromatic hydroxyl groups is 1. The van der Waals surface area contributed by atoms with Crippen LogP contribution in [0.1, 0.15) is 18.4 Å². The van der Waals surface area contributed by atoms with Gasteiger partial charge in [0.25, 0.3) is 0 Å². The van der Waals surface area contributed by atoms with E-state index in [-0.39, 0.29) is 11.5 Å². The van der Waals surface area contributed by atoms with Gasteiger partial charge in [0.05, 0.1) is 13.2 Å². The van der Waals surface area contributed by atoms with Crippen LogP contribution in [0.3, 0.4) is 0 Å². The molecule has 4 atom stereocenters. The molecule has 0 saturated heterocycles. The molecule has 1 saturated carbocycles. The van der Waals surface area contributed by atoms with Crippen LogP contribution in [-0.4, -0.2) is 68.5 Å². The summed E-state index contributed by atoms with van der Waals surface area (Å²) in [5.74, 6) is -2.35. The molecule has 1 aromatic rings. The highest BCUT2D eigenvalue weighted by molar-refractivity contribution is 5.87. The second kappa shape index (κ2) is 7.73. The van der Waals surface area contributed by atoms with Crippen LogP contribution in [0.5, 0.6) is 11.5 Å². The van der Waals surface area contributed by atoms with E-state index in [1.807, 2.05) is 0 Å². The molecule has 1 aliphatic rings. The number of rotatable bonds is 5. The highest BCUT2D eigenvalue weighted by Crippen LogP contribution is 2.31. The van der Waals surface area contributed by atoms with Crippen molar-refractivity contribution in [3.8, 4) is 11.5 Å². The molecule has 9 heteroatoms. The summed E-state index contributed by atoms with van der Waals surface area (Å²) in [5, 5.41) is 48.3. The van der Waals surface area contributed by atoms with Gasteiger partial charge >= 0.3 is 11.9 Å². The Kier molecular flexibility index (Phi) is 5.86. The first kappa shape index (κ1) is 19.7. The van der Waals surface area contributed by atoms with Crippen molar-refractivity contribution < 1.29 is 44.6 Å². The number of carboxylic acid groups (broad SMARTS) is 1. The maximum Gasteiger partial charge on any atom is 0.335 e. The molecule has 26 heavy (non-hydrogen) atoms. The maximum absolute atomic E-state index is 11.9. The molecule has 0 spiro atoms. The van der Waals surface area contributed by atoms with Gasteiger partial charge in [0.2, 0.25) is 0 Å². The summed E-state index contributed by atoms with van der Waals surface area (Å²) in [5.41, 5.74) is -1.83. The number of benzene rings is 1. The highest BCUT2D eigenvalue weighted by atomic mass is 16.6. The van der Waals surface area contributed by atoms with E-state index in [1.54, 1.807) is 6.07 Å². The SMILES string of the molecule is COc1ccc(/C=C/C(=O)OC2CC(O)(C(=O)O)CC(O)C2O)cc1O. The molecule has 1 aliphatic carbocycles. The lowest BCUT2D eigenvalue weighted by atomic mass is 9.79. The predicted molar refractivity (Wildman–Crippen MR) is 87.4 cm³/mol. The largest absolute Gasteiger partial charge is 0.504 e. The van der Waals surface area contributed by atoms with E-state index in [0.717, 1.165) is 6.08 Å². The lowest BCUT2D eigenvalue weighted by molar-refractivity contribution is -0.196. The molecule has 5 N–H and O–H groups in total. The summed E-state index contributed by atoms with van der Waals surface area (Å²) in [7, 11) is 1.39. The topological polar surface area (TPSA) is 154 Å². The number of carboxylic acids is 1. The van der Waals surface area contributed by atoms with Crippen molar-refractivity contribution in [2.75, 3.05) is 7.11 Å². The standard InChI is InChI=1S/C17H20O9/c1-25-12-4-2-9(6-10(12)18)3-5-14(20)26-13-8-17(24,16(22)23)7-11(19)15(13)21/h2-6,11,13,15,18-19,21,24H,7-8H2,1H3,(H,22,23)/b5-3+. The minimum Gasteiger partial charge on any atom is -0.504 e. The van der Waals surface area contributed by atoms with E-state index in [9.17, 15) is 30.0 Å². The Bertz CT molecular complexity index is 714. The van der Waals surface area contributed by atoms with Gasteiger partial charge in [0.15, 0.2) is 17.1 Å². The Hall–Kier alpha value is -2.62. The average Bonchev–Trinajstić information content (AvgIpc) is 2.57. The Balaban J connectivity index is 2.06. The molecular formula is C17H20O9. The zero-order valence-corrected chi connectivity index (χ0v) is 13.9. The zero-order chi connectivity index (χ0) is 19.5. The van der Waals surface area contributed by atoms with Gasteiger partial charge in [-0.2, -0.15) is 0 Å². The molecule has 4 unspecified atom stereocenters. The number of carbonyl (C=O) groups excluding carboxylic acids is 1. The van der Waals surface area contributed by atoms with Crippen molar-refractivity contribution in [3.63, 3.8) is 0 Å². The van der Waals surface area contributed by atoms with Crippen LogP contribution >= 0.6 is 0 Å². The molecule has 0 aromatic heterocycles. The predicted octanol–water partition coefficient (Wildman–Crippen LogP) is -0.343. The van der Waals surface area contributed by atoms with Crippen molar-refractivity contribution in [3.05, 3.63) is 29.8 Å². The number of hydrogen-bond acceptors (Lipinski definition) is 8. The van der Waals surface area contributed by atoms with Crippen LogP contribution in [-0.2, 0) is 14.3 Å². The van der Waals surface area contributed by atoms with E-state index < -0.39 is 48.7 Å². The van der Waals surface area contributed by atoms with Crippen molar-refractivity contribution in [1.29, 1.82) is 0 Å². The van der Waals surface area contributed by atoms with Crippen LogP contribution in [0.25, 0.3) is 6.08 Å². The molecule has 1 aromatic carbocycles. The molecule has 0 aliphatic heterocycles. The van der Waals surface area contributed by atoms with Gasteiger partial charge in [-0.3, -0.25) is 0 Å². The minimum absolute atomic E-state index is 0.125. The second-order valence-corrected chi connectivity index (χ2v) is 6.04. The van der Waals surface area contributed by atoms with Gasteiger partial charge in [-0.25, -0.2) is 9.59 Å². The fraction of sp³-hybridized carbons (Fsp3) is 0.412. The van der Waals surface area contributed by atoms with Crippen molar-refractivity contribution in [1.82, 2.24) is 0 Å². The Labute approximate surface area is 148 Å². The summed E-state index contributed by atoms with van der Waals surface area (Å²) < 4.78 is 9.87. The normalized spacial score (nSPS) is 28.7. The van der Waals surface area contributed by atoms with Crippen LogP contribution in [0.2, 0.25) is 0 Å². The number of phenols is 1. The highest BCUT2D eigenvalue weighted by Gasteiger charge is 2.50. The average molecular weight is 368 g/mol. The molecule has 2 rings (SSSR count). The van der Waals surface area contributed by atoms with Crippen molar-refractivity contribution in [2.24, 2.45) is 0 Å². The number of ether oxygens (including phenoxy) is 2. The number of esters is 1. The first-order valence-electron chi connectivity index (χ1n) is 7.74. The summed E-state index contributed by atoms with van der Waals surface area (Å²) >= 11 is 0. The summed E-state index contributed by atoms with van der Waals surface area (Å²) in [6.07, 6.45) is -3.24. The Morgan fingerprint density at radius 1 is 1.27 bits per heavy atom. The molecule has 1 fully saturated rings. The van der Waals surface area contributed by atoms with Crippen LogP contribution in [0.15, 0.2) is 24.3 Å². The van der Waals surface area contributed by atoms with Crippen molar-refractivity contribution >= 4 is 18.0 Å². The third-order valence-electron chi connectivity index (χ3n) is 4.14. The third-order valence-corrected chi connectivity index (χ3v) is 4.14. The number of aliphatic hydroxyl groups is 3. The smallest absolute Gasteiger partial charge is 0.335 e. The Morgan fingerprint density at radius 3 is 2.54 bits per heavy atom. The fourth-order valence-electron chi connectivity index (χ4n) is 2.70. The molecule has 0 radical (unpaired) electrons. The van der Waals surface area contributed by atoms with E-state index >= 15 is 0 Å². The molecule has 0 bridgehead atoms. The lowest BCUT2D eigenvalue weighted by Gasteiger charge is -2.39. The monoisotopic (exact) mass is 368 g/mol. The van der Waals surface area contributed by atoms with Crippen LogP contribution < -0.4 is 4.74 Å². The molecular weight excluding hydrogens is 348 g/mol. The third kappa shape index (κ3) is 4.31. The van der Waals surface area contributed by atoms with Crippen LogP contribution in [0.4, 0.5) is 0 Å². The zero-order valence-electron chi connectivity index (χ0n) is 13.9.